The molecule has 0 aliphatic rings. The molecule has 0 fully saturated rings. The molecule has 0 saturated carbocycles. The van der Waals surface area contributed by atoms with Gasteiger partial charge < -0.3 is 9.40 Å². The number of aromatic nitrogens is 4. The number of H-pyrrole nitrogens is 1. The highest BCUT2D eigenvalue weighted by molar-refractivity contribution is 6.27. The zero-order valence-electron chi connectivity index (χ0n) is 33.3. The minimum atomic E-state index is 0.658. The van der Waals surface area contributed by atoms with Crippen molar-refractivity contribution < 1.29 is 4.42 Å². The number of allylic oxidation sites excluding steroid dienone is 5. The molecule has 58 heavy (non-hydrogen) atoms. The second-order valence-electron chi connectivity index (χ2n) is 13.9. The molecule has 0 aliphatic carbocycles. The first kappa shape index (κ1) is 39.1. The number of nitrogens with zero attached hydrogens (tertiary/aromatic N) is 4. The van der Waals surface area contributed by atoms with Crippen LogP contribution in [0.2, 0.25) is 0 Å². The van der Waals surface area contributed by atoms with Crippen molar-refractivity contribution in [1.29, 1.82) is 0 Å². The van der Waals surface area contributed by atoms with E-state index in [2.05, 4.69) is 125 Å². The Kier molecular flexibility index (Phi) is 12.6. The van der Waals surface area contributed by atoms with E-state index in [0.717, 1.165) is 58.4 Å². The Bertz CT molecular complexity index is 2840. The van der Waals surface area contributed by atoms with Crippen molar-refractivity contribution in [2.24, 2.45) is 4.99 Å². The van der Waals surface area contributed by atoms with Gasteiger partial charge in [0.15, 0.2) is 5.58 Å². The van der Waals surface area contributed by atoms with Crippen LogP contribution < -0.4 is 0 Å². The minimum Gasteiger partial charge on any atom is -0.436 e. The van der Waals surface area contributed by atoms with Crippen molar-refractivity contribution >= 4 is 55.7 Å². The van der Waals surface area contributed by atoms with Crippen LogP contribution in [0.25, 0.3) is 83.2 Å². The maximum absolute atomic E-state index is 6.17. The average Bonchev–Trinajstić information content (AvgIpc) is 3.94. The Morgan fingerprint density at radius 2 is 1.41 bits per heavy atom. The number of benzene rings is 6. The van der Waals surface area contributed by atoms with E-state index in [0.29, 0.717) is 5.89 Å². The van der Waals surface area contributed by atoms with Gasteiger partial charge in [-0.2, -0.15) is 0 Å². The standard InChI is InChI=1S/C34H20N2O.C11H16N2.C7H11N/c1-2-4-31-30(3-1)36-34(37-31)29-16-12-25-10-14-27-26(13-9-24-11-15-28(29)33(25)32(24)27)23-7-5-21(6-8-23)22-17-19-35-20-18-22;1-3-5-6-7-8-11-12-9-10(4-2)13-11;1-4-7(2)5-6-8-3/h1-20H;4-6,9H,2-3,7-8H2,1H3,(H,12,13);4-6H,1H2,2-3H3/b;6-5-;7-5-,8-6?. The zero-order valence-corrected chi connectivity index (χ0v) is 33.3. The highest BCUT2D eigenvalue weighted by Crippen LogP contribution is 2.42. The van der Waals surface area contributed by atoms with Crippen LogP contribution in [0.4, 0.5) is 0 Å². The van der Waals surface area contributed by atoms with Crippen molar-refractivity contribution in [3.05, 3.63) is 182 Å². The molecular weight excluding hydrogens is 711 g/mol. The summed E-state index contributed by atoms with van der Waals surface area (Å²) in [7, 11) is 1.74. The van der Waals surface area contributed by atoms with Crippen LogP contribution in [0.1, 0.15) is 38.2 Å². The van der Waals surface area contributed by atoms with Crippen LogP contribution >= 0.6 is 0 Å². The average molecular weight is 758 g/mol. The third-order valence-electron chi connectivity index (χ3n) is 10.0. The first-order valence-electron chi connectivity index (χ1n) is 19.6. The Morgan fingerprint density at radius 1 is 0.759 bits per heavy atom. The van der Waals surface area contributed by atoms with Crippen LogP contribution in [-0.4, -0.2) is 33.2 Å². The van der Waals surface area contributed by atoms with Crippen LogP contribution in [-0.2, 0) is 6.42 Å². The highest BCUT2D eigenvalue weighted by Gasteiger charge is 2.17. The number of pyridine rings is 1. The molecule has 0 aliphatic heterocycles. The SMILES string of the molecule is C=C/C(C)=C\C=NC.C=Cc1cnc(CC/C=C\CC)[nH]1.c1ccc2oc(-c3ccc4ccc5c(-c6ccc(-c7ccncc7)cc6)ccc6ccc3c4c65)nc2c1. The van der Waals surface area contributed by atoms with Gasteiger partial charge in [-0.15, -0.1) is 0 Å². The highest BCUT2D eigenvalue weighted by atomic mass is 16.3. The molecule has 3 aromatic heterocycles. The summed E-state index contributed by atoms with van der Waals surface area (Å²) in [4.78, 5) is 20.1. The topological polar surface area (TPSA) is 80.0 Å². The van der Waals surface area contributed by atoms with Crippen molar-refractivity contribution in [2.75, 3.05) is 7.05 Å². The molecule has 0 spiro atoms. The Morgan fingerprint density at radius 3 is 2.07 bits per heavy atom. The summed E-state index contributed by atoms with van der Waals surface area (Å²) in [6, 6.07) is 38.5. The summed E-state index contributed by atoms with van der Waals surface area (Å²) in [6.07, 6.45) is 20.2. The van der Waals surface area contributed by atoms with Gasteiger partial charge in [0.25, 0.3) is 0 Å². The molecule has 0 radical (unpaired) electrons. The lowest BCUT2D eigenvalue weighted by molar-refractivity contribution is 0.620. The third-order valence-corrected chi connectivity index (χ3v) is 10.0. The molecule has 286 valence electrons. The fourth-order valence-electron chi connectivity index (χ4n) is 6.99. The van der Waals surface area contributed by atoms with E-state index in [-0.39, 0.29) is 0 Å². The molecule has 0 saturated heterocycles. The number of aliphatic imine (C=N–C) groups is 1. The second-order valence-corrected chi connectivity index (χ2v) is 13.9. The molecule has 0 bridgehead atoms. The van der Waals surface area contributed by atoms with E-state index in [9.17, 15) is 0 Å². The number of rotatable bonds is 10. The summed E-state index contributed by atoms with van der Waals surface area (Å²) in [5.74, 6) is 1.70. The number of nitrogens with one attached hydrogen (secondary N) is 1. The Balaban J connectivity index is 0.000000202. The summed E-state index contributed by atoms with van der Waals surface area (Å²) in [5.41, 5.74) is 9.62. The minimum absolute atomic E-state index is 0.658. The zero-order chi connectivity index (χ0) is 40.3. The third kappa shape index (κ3) is 8.77. The van der Waals surface area contributed by atoms with E-state index in [4.69, 9.17) is 9.40 Å². The van der Waals surface area contributed by atoms with Crippen LogP contribution in [0, 0.1) is 0 Å². The van der Waals surface area contributed by atoms with Gasteiger partial charge in [-0.05, 0) is 117 Å². The number of hydrogen-bond acceptors (Lipinski definition) is 5. The maximum Gasteiger partial charge on any atom is 0.227 e. The van der Waals surface area contributed by atoms with Crippen LogP contribution in [0.3, 0.4) is 0 Å². The van der Waals surface area contributed by atoms with Crippen molar-refractivity contribution in [3.63, 3.8) is 0 Å². The lowest BCUT2D eigenvalue weighted by atomic mass is 9.88. The van der Waals surface area contributed by atoms with Gasteiger partial charge in [0, 0.05) is 37.6 Å². The smallest absolute Gasteiger partial charge is 0.227 e. The molecule has 0 unspecified atom stereocenters. The fourth-order valence-corrected chi connectivity index (χ4v) is 6.99. The fraction of sp³-hybridized carbons (Fsp3) is 0.115. The van der Waals surface area contributed by atoms with E-state index in [1.807, 2.05) is 68.0 Å². The molecule has 0 amide bonds. The number of para-hydroxylation sites is 2. The van der Waals surface area contributed by atoms with Gasteiger partial charge in [0.05, 0.1) is 11.9 Å². The first-order valence-corrected chi connectivity index (χ1v) is 19.6. The van der Waals surface area contributed by atoms with Gasteiger partial charge in [0.1, 0.15) is 11.3 Å². The molecular formula is C52H47N5O. The quantitative estimate of drug-likeness (QED) is 0.0652. The summed E-state index contributed by atoms with van der Waals surface area (Å²) >= 11 is 0. The molecule has 9 aromatic rings. The Hall–Kier alpha value is -7.18. The lowest BCUT2D eigenvalue weighted by Crippen LogP contribution is -1.89. The molecule has 6 aromatic carbocycles. The van der Waals surface area contributed by atoms with Crippen LogP contribution in [0.5, 0.6) is 0 Å². The monoisotopic (exact) mass is 757 g/mol. The van der Waals surface area contributed by atoms with Gasteiger partial charge in [0.2, 0.25) is 5.89 Å². The summed E-state index contributed by atoms with van der Waals surface area (Å²) in [5, 5.41) is 7.40. The van der Waals surface area contributed by atoms with Crippen LogP contribution in [0.15, 0.2) is 180 Å². The molecule has 0 atom stereocenters. The molecule has 1 N–H and O–H groups in total. The predicted octanol–water partition coefficient (Wildman–Crippen LogP) is 13.9. The molecule has 6 nitrogen and oxygen atoms in total. The molecule has 6 heteroatoms. The Labute approximate surface area is 340 Å². The number of imidazole rings is 1. The van der Waals surface area contributed by atoms with E-state index < -0.39 is 0 Å². The van der Waals surface area contributed by atoms with Crippen molar-refractivity contribution in [2.45, 2.75) is 33.1 Å². The molecule has 9 rings (SSSR count). The number of fused-ring (bicyclic) bond motifs is 1. The molecule has 3 heterocycles. The summed E-state index contributed by atoms with van der Waals surface area (Å²) < 4.78 is 6.17. The van der Waals surface area contributed by atoms with E-state index >= 15 is 0 Å². The lowest BCUT2D eigenvalue weighted by Gasteiger charge is -2.15. The van der Waals surface area contributed by atoms with Crippen molar-refractivity contribution in [1.82, 2.24) is 19.9 Å². The predicted molar refractivity (Wildman–Crippen MR) is 247 cm³/mol. The second kappa shape index (κ2) is 18.6. The van der Waals surface area contributed by atoms with Gasteiger partial charge in [-0.1, -0.05) is 123 Å². The largest absolute Gasteiger partial charge is 0.436 e. The number of hydrogen-bond donors (Lipinski definition) is 1. The van der Waals surface area contributed by atoms with Gasteiger partial charge >= 0.3 is 0 Å². The van der Waals surface area contributed by atoms with Gasteiger partial charge in [-0.25, -0.2) is 9.97 Å². The maximum atomic E-state index is 6.17. The van der Waals surface area contributed by atoms with E-state index in [1.54, 1.807) is 25.4 Å². The van der Waals surface area contributed by atoms with Gasteiger partial charge in [-0.3, -0.25) is 9.98 Å². The number of oxazole rings is 1. The summed E-state index contributed by atoms with van der Waals surface area (Å²) in [6.45, 7) is 11.4. The normalized spacial score (nSPS) is 11.7. The number of aryl methyl sites for hydroxylation is 1. The first-order chi connectivity index (χ1) is 28.5. The van der Waals surface area contributed by atoms with E-state index in [1.165, 1.54) is 49.2 Å². The number of aromatic amines is 1. The van der Waals surface area contributed by atoms with Crippen molar-refractivity contribution in [3.8, 4) is 33.7 Å².